The molecule has 1 aromatic rings. The third-order valence-corrected chi connectivity index (χ3v) is 2.30. The Morgan fingerprint density at radius 3 is 3.23 bits per heavy atom. The monoisotopic (exact) mass is 177 g/mol. The van der Waals surface area contributed by atoms with Crippen molar-refractivity contribution in [2.24, 2.45) is 0 Å². The van der Waals surface area contributed by atoms with E-state index in [1.807, 2.05) is 12.1 Å². The summed E-state index contributed by atoms with van der Waals surface area (Å²) in [5.41, 5.74) is 7.40. The zero-order valence-electron chi connectivity index (χ0n) is 7.19. The minimum atomic E-state index is 0.216. The summed E-state index contributed by atoms with van der Waals surface area (Å²) in [5.74, 6) is 1.04. The number of rotatable bonds is 2. The number of benzene rings is 1. The maximum Gasteiger partial charge on any atom is 0.124 e. The standard InChI is InChI=1S/C10H11NO2/c11-8-1-2-9-7(3-4-12)6-13-10(9)5-8/h1-2,4-5,7H,3,6,11H2. The highest BCUT2D eigenvalue weighted by atomic mass is 16.5. The normalized spacial score (nSPS) is 19.2. The van der Waals surface area contributed by atoms with Gasteiger partial charge in [0.2, 0.25) is 0 Å². The van der Waals surface area contributed by atoms with Gasteiger partial charge in [0.25, 0.3) is 0 Å². The molecule has 3 heteroatoms. The molecule has 2 rings (SSSR count). The van der Waals surface area contributed by atoms with Crippen LogP contribution < -0.4 is 10.5 Å². The predicted molar refractivity (Wildman–Crippen MR) is 49.8 cm³/mol. The Kier molecular flexibility index (Phi) is 1.93. The summed E-state index contributed by atoms with van der Waals surface area (Å²) in [6.07, 6.45) is 1.45. The van der Waals surface area contributed by atoms with Crippen LogP contribution >= 0.6 is 0 Å². The second-order valence-corrected chi connectivity index (χ2v) is 3.21. The van der Waals surface area contributed by atoms with Crippen LogP contribution in [0.1, 0.15) is 17.9 Å². The van der Waals surface area contributed by atoms with E-state index in [2.05, 4.69) is 0 Å². The lowest BCUT2D eigenvalue weighted by atomic mass is 9.98. The molecule has 0 saturated heterocycles. The van der Waals surface area contributed by atoms with Crippen LogP contribution in [0.5, 0.6) is 5.75 Å². The smallest absolute Gasteiger partial charge is 0.124 e. The van der Waals surface area contributed by atoms with Crippen LogP contribution in [0.3, 0.4) is 0 Å². The quantitative estimate of drug-likeness (QED) is 0.547. The molecule has 3 nitrogen and oxygen atoms in total. The lowest BCUT2D eigenvalue weighted by Crippen LogP contribution is -2.00. The molecule has 0 amide bonds. The van der Waals surface area contributed by atoms with Gasteiger partial charge in [-0.1, -0.05) is 6.07 Å². The van der Waals surface area contributed by atoms with Crippen molar-refractivity contribution < 1.29 is 9.53 Å². The highest BCUT2D eigenvalue weighted by molar-refractivity contribution is 5.56. The molecule has 2 N–H and O–H groups in total. The van der Waals surface area contributed by atoms with Crippen LogP contribution in [0.25, 0.3) is 0 Å². The zero-order valence-corrected chi connectivity index (χ0v) is 7.19. The first-order valence-electron chi connectivity index (χ1n) is 4.27. The van der Waals surface area contributed by atoms with Crippen molar-refractivity contribution in [1.29, 1.82) is 0 Å². The van der Waals surface area contributed by atoms with Crippen molar-refractivity contribution >= 4 is 12.0 Å². The van der Waals surface area contributed by atoms with E-state index in [1.54, 1.807) is 6.07 Å². The van der Waals surface area contributed by atoms with Crippen LogP contribution in [0.4, 0.5) is 5.69 Å². The molecule has 0 bridgehead atoms. The van der Waals surface area contributed by atoms with Gasteiger partial charge in [0.1, 0.15) is 12.0 Å². The molecule has 1 aliphatic heterocycles. The first-order valence-corrected chi connectivity index (χ1v) is 4.27. The summed E-state index contributed by atoms with van der Waals surface area (Å²) in [7, 11) is 0. The van der Waals surface area contributed by atoms with Gasteiger partial charge >= 0.3 is 0 Å². The van der Waals surface area contributed by atoms with Gasteiger partial charge < -0.3 is 15.3 Å². The summed E-state index contributed by atoms with van der Waals surface area (Å²) in [6.45, 7) is 0.595. The second kappa shape index (κ2) is 3.09. The predicted octanol–water partition coefficient (Wildman–Crippen LogP) is 1.33. The second-order valence-electron chi connectivity index (χ2n) is 3.21. The van der Waals surface area contributed by atoms with Crippen molar-refractivity contribution in [3.63, 3.8) is 0 Å². The fourth-order valence-corrected chi connectivity index (χ4v) is 1.60. The van der Waals surface area contributed by atoms with E-state index < -0.39 is 0 Å². The van der Waals surface area contributed by atoms with Crippen LogP contribution in [-0.4, -0.2) is 12.9 Å². The average molecular weight is 177 g/mol. The molecular weight excluding hydrogens is 166 g/mol. The lowest BCUT2D eigenvalue weighted by molar-refractivity contribution is -0.108. The number of aldehydes is 1. The van der Waals surface area contributed by atoms with Crippen LogP contribution in [0.15, 0.2) is 18.2 Å². The molecular formula is C10H11NO2. The van der Waals surface area contributed by atoms with Gasteiger partial charge in [-0.25, -0.2) is 0 Å². The molecule has 1 aromatic carbocycles. The molecule has 1 heterocycles. The number of hydrogen-bond donors (Lipinski definition) is 1. The maximum atomic E-state index is 10.4. The Morgan fingerprint density at radius 1 is 1.62 bits per heavy atom. The van der Waals surface area contributed by atoms with Gasteiger partial charge in [-0.05, 0) is 6.07 Å². The van der Waals surface area contributed by atoms with Crippen molar-refractivity contribution in [2.75, 3.05) is 12.3 Å². The van der Waals surface area contributed by atoms with E-state index >= 15 is 0 Å². The summed E-state index contributed by atoms with van der Waals surface area (Å²) in [5, 5.41) is 0. The fourth-order valence-electron chi connectivity index (χ4n) is 1.60. The van der Waals surface area contributed by atoms with E-state index in [9.17, 15) is 4.79 Å². The molecule has 0 aromatic heterocycles. The van der Waals surface area contributed by atoms with E-state index in [4.69, 9.17) is 10.5 Å². The molecule has 0 radical (unpaired) electrons. The fraction of sp³-hybridized carbons (Fsp3) is 0.300. The van der Waals surface area contributed by atoms with E-state index in [0.717, 1.165) is 17.6 Å². The Hall–Kier alpha value is -1.51. The van der Waals surface area contributed by atoms with Gasteiger partial charge in [0, 0.05) is 29.7 Å². The lowest BCUT2D eigenvalue weighted by Gasteiger charge is -2.02. The van der Waals surface area contributed by atoms with Gasteiger partial charge in [-0.15, -0.1) is 0 Å². The number of nitrogens with two attached hydrogens (primary N) is 1. The summed E-state index contributed by atoms with van der Waals surface area (Å²) >= 11 is 0. The third-order valence-electron chi connectivity index (χ3n) is 2.30. The molecule has 0 aliphatic carbocycles. The first kappa shape index (κ1) is 8.10. The molecule has 1 atom stereocenters. The summed E-state index contributed by atoms with van der Waals surface area (Å²) < 4.78 is 5.41. The van der Waals surface area contributed by atoms with Crippen LogP contribution in [0, 0.1) is 0 Å². The van der Waals surface area contributed by atoms with Gasteiger partial charge in [-0.3, -0.25) is 0 Å². The number of carbonyl (C=O) groups excluding carboxylic acids is 1. The van der Waals surface area contributed by atoms with Crippen molar-refractivity contribution in [1.82, 2.24) is 0 Å². The Labute approximate surface area is 76.5 Å². The molecule has 1 unspecified atom stereocenters. The number of hydrogen-bond acceptors (Lipinski definition) is 3. The van der Waals surface area contributed by atoms with E-state index in [-0.39, 0.29) is 5.92 Å². The molecule has 0 spiro atoms. The molecule has 0 saturated carbocycles. The number of fused-ring (bicyclic) bond motifs is 1. The number of anilines is 1. The molecule has 0 fully saturated rings. The highest BCUT2D eigenvalue weighted by Gasteiger charge is 2.23. The van der Waals surface area contributed by atoms with Gasteiger partial charge in [0.05, 0.1) is 6.61 Å². The Bertz CT molecular complexity index is 336. The van der Waals surface area contributed by atoms with Gasteiger partial charge in [0.15, 0.2) is 0 Å². The van der Waals surface area contributed by atoms with Gasteiger partial charge in [-0.2, -0.15) is 0 Å². The minimum absolute atomic E-state index is 0.216. The highest BCUT2D eigenvalue weighted by Crippen LogP contribution is 2.36. The SMILES string of the molecule is Nc1ccc2c(c1)OCC2CC=O. The maximum absolute atomic E-state index is 10.4. The van der Waals surface area contributed by atoms with Crippen molar-refractivity contribution in [3.05, 3.63) is 23.8 Å². The Balaban J connectivity index is 2.32. The number of carbonyl (C=O) groups is 1. The number of ether oxygens (including phenoxy) is 1. The molecule has 1 aliphatic rings. The topological polar surface area (TPSA) is 52.3 Å². The third kappa shape index (κ3) is 1.37. The largest absolute Gasteiger partial charge is 0.493 e. The van der Waals surface area contributed by atoms with Crippen LogP contribution in [0.2, 0.25) is 0 Å². The van der Waals surface area contributed by atoms with Crippen molar-refractivity contribution in [3.8, 4) is 5.75 Å². The van der Waals surface area contributed by atoms with E-state index in [1.165, 1.54) is 0 Å². The zero-order chi connectivity index (χ0) is 9.26. The minimum Gasteiger partial charge on any atom is -0.493 e. The average Bonchev–Trinajstić information content (AvgIpc) is 2.49. The van der Waals surface area contributed by atoms with Crippen LogP contribution in [-0.2, 0) is 4.79 Å². The summed E-state index contributed by atoms with van der Waals surface area (Å²) in [4.78, 5) is 10.4. The number of nitrogen functional groups attached to an aromatic ring is 1. The first-order chi connectivity index (χ1) is 6.31. The molecule has 13 heavy (non-hydrogen) atoms. The Morgan fingerprint density at radius 2 is 2.46 bits per heavy atom. The summed E-state index contributed by atoms with van der Waals surface area (Å²) in [6, 6.07) is 5.58. The van der Waals surface area contributed by atoms with E-state index in [0.29, 0.717) is 18.7 Å². The van der Waals surface area contributed by atoms with Crippen molar-refractivity contribution in [2.45, 2.75) is 12.3 Å². The molecule has 68 valence electrons.